The fourth-order valence-corrected chi connectivity index (χ4v) is 3.79. The third-order valence-electron chi connectivity index (χ3n) is 4.59. The highest BCUT2D eigenvalue weighted by Gasteiger charge is 2.51. The molecule has 1 amide bonds. The molecule has 4 atom stereocenters. The fourth-order valence-electron chi connectivity index (χ4n) is 3.56. The summed E-state index contributed by atoms with van der Waals surface area (Å²) in [5.74, 6) is -3.71. The number of carboxylic acids is 1. The molecule has 0 aromatic heterocycles. The Hall–Kier alpha value is -2.02. The molecular weight excluding hydrogens is 347 g/mol. The highest BCUT2D eigenvalue weighted by Crippen LogP contribution is 2.48. The number of hydrogen-bond donors (Lipinski definition) is 2. The Kier molecular flexibility index (Phi) is 4.07. The topological polar surface area (TPSA) is 66.4 Å². The third kappa shape index (κ3) is 2.88. The van der Waals surface area contributed by atoms with Crippen LogP contribution in [0.25, 0.3) is 0 Å². The van der Waals surface area contributed by atoms with Crippen LogP contribution in [0.5, 0.6) is 0 Å². The van der Waals surface area contributed by atoms with Crippen LogP contribution in [0.1, 0.15) is 12.0 Å². The van der Waals surface area contributed by atoms with E-state index in [2.05, 4.69) is 5.32 Å². The lowest BCUT2D eigenvalue weighted by Crippen LogP contribution is -2.36. The monoisotopic (exact) mass is 359 g/mol. The Balaban J connectivity index is 1.83. The first-order valence-corrected chi connectivity index (χ1v) is 7.65. The van der Waals surface area contributed by atoms with Crippen molar-refractivity contribution in [1.82, 2.24) is 0 Å². The molecule has 2 aliphatic carbocycles. The molecule has 8 heteroatoms. The number of allylic oxidation sites excluding steroid dienone is 2. The van der Waals surface area contributed by atoms with E-state index in [9.17, 15) is 27.9 Å². The van der Waals surface area contributed by atoms with E-state index >= 15 is 0 Å². The first-order chi connectivity index (χ1) is 11.2. The van der Waals surface area contributed by atoms with Crippen LogP contribution in [0.2, 0.25) is 5.02 Å². The fraction of sp³-hybridized carbons (Fsp3) is 0.375. The van der Waals surface area contributed by atoms with Gasteiger partial charge in [0.25, 0.3) is 0 Å². The predicted octanol–water partition coefficient (Wildman–Crippen LogP) is 3.82. The first kappa shape index (κ1) is 16.8. The third-order valence-corrected chi connectivity index (χ3v) is 4.92. The molecule has 0 saturated heterocycles. The van der Waals surface area contributed by atoms with Crippen molar-refractivity contribution in [3.63, 3.8) is 0 Å². The Morgan fingerprint density at radius 1 is 1.17 bits per heavy atom. The number of hydrogen-bond acceptors (Lipinski definition) is 2. The molecule has 2 bridgehead atoms. The SMILES string of the molecule is O=C(O)[C@@H]1[C@H](C(=O)Nc2ccc(Cl)c(C(F)(F)F)c2)[C@@H]2C=C[C@H]1C2. The molecule has 24 heavy (non-hydrogen) atoms. The number of alkyl halides is 3. The van der Waals surface area contributed by atoms with Crippen molar-refractivity contribution in [3.05, 3.63) is 40.9 Å². The predicted molar refractivity (Wildman–Crippen MR) is 80.4 cm³/mol. The number of nitrogens with one attached hydrogen (secondary N) is 1. The van der Waals surface area contributed by atoms with E-state index in [0.717, 1.165) is 12.1 Å². The summed E-state index contributed by atoms with van der Waals surface area (Å²) >= 11 is 5.54. The number of carboxylic acid groups (broad SMARTS) is 1. The number of benzene rings is 1. The van der Waals surface area contributed by atoms with E-state index < -0.39 is 40.5 Å². The van der Waals surface area contributed by atoms with Crippen LogP contribution in [0.4, 0.5) is 18.9 Å². The molecular formula is C16H13ClF3NO3. The zero-order chi connectivity index (χ0) is 17.6. The molecule has 1 saturated carbocycles. The number of carbonyl (C=O) groups is 2. The Morgan fingerprint density at radius 2 is 1.79 bits per heavy atom. The van der Waals surface area contributed by atoms with Crippen LogP contribution in [-0.4, -0.2) is 17.0 Å². The maximum absolute atomic E-state index is 12.9. The zero-order valence-electron chi connectivity index (χ0n) is 12.2. The lowest BCUT2D eigenvalue weighted by Gasteiger charge is -2.24. The molecule has 0 radical (unpaired) electrons. The van der Waals surface area contributed by atoms with Crippen LogP contribution < -0.4 is 5.32 Å². The molecule has 0 aliphatic heterocycles. The van der Waals surface area contributed by atoms with Gasteiger partial charge in [-0.3, -0.25) is 9.59 Å². The van der Waals surface area contributed by atoms with Crippen molar-refractivity contribution in [2.75, 3.05) is 5.32 Å². The maximum atomic E-state index is 12.9. The van der Waals surface area contributed by atoms with Gasteiger partial charge in [0.1, 0.15) is 0 Å². The van der Waals surface area contributed by atoms with Gasteiger partial charge in [-0.25, -0.2) is 0 Å². The largest absolute Gasteiger partial charge is 0.481 e. The van der Waals surface area contributed by atoms with Crippen LogP contribution in [-0.2, 0) is 15.8 Å². The van der Waals surface area contributed by atoms with Crippen molar-refractivity contribution in [3.8, 4) is 0 Å². The van der Waals surface area contributed by atoms with E-state index in [1.807, 2.05) is 0 Å². The highest BCUT2D eigenvalue weighted by molar-refractivity contribution is 6.31. The quantitative estimate of drug-likeness (QED) is 0.806. The second kappa shape index (κ2) is 5.81. The molecule has 1 aromatic carbocycles. The molecule has 128 valence electrons. The molecule has 1 fully saturated rings. The summed E-state index contributed by atoms with van der Waals surface area (Å²) in [6.45, 7) is 0. The molecule has 4 nitrogen and oxygen atoms in total. The standard InChI is InChI=1S/C16H13ClF3NO3/c17-11-4-3-9(6-10(11)16(18,19)20)21-14(22)12-7-1-2-8(5-7)13(12)15(23)24/h1-4,6-8,12-13H,5H2,(H,21,22)(H,23,24)/t7-,8+,12-,13+/m1/s1. The van der Waals surface area contributed by atoms with Crippen LogP contribution in [0.15, 0.2) is 30.4 Å². The van der Waals surface area contributed by atoms with Gasteiger partial charge in [-0.1, -0.05) is 23.8 Å². The molecule has 0 unspecified atom stereocenters. The number of fused-ring (bicyclic) bond motifs is 2. The molecule has 0 spiro atoms. The second-order valence-corrected chi connectivity index (χ2v) is 6.43. The van der Waals surface area contributed by atoms with E-state index in [0.29, 0.717) is 6.42 Å². The summed E-state index contributed by atoms with van der Waals surface area (Å²) in [7, 11) is 0. The number of amides is 1. The summed E-state index contributed by atoms with van der Waals surface area (Å²) in [5.41, 5.74) is -1.11. The maximum Gasteiger partial charge on any atom is 0.417 e. The number of anilines is 1. The minimum atomic E-state index is -4.64. The van der Waals surface area contributed by atoms with Crippen molar-refractivity contribution < 1.29 is 27.9 Å². The minimum Gasteiger partial charge on any atom is -0.481 e. The van der Waals surface area contributed by atoms with Crippen LogP contribution in [0.3, 0.4) is 0 Å². The van der Waals surface area contributed by atoms with Crippen molar-refractivity contribution in [2.24, 2.45) is 23.7 Å². The lowest BCUT2D eigenvalue weighted by molar-refractivity contribution is -0.146. The average Bonchev–Trinajstić information content (AvgIpc) is 3.08. The van der Waals surface area contributed by atoms with Crippen molar-refractivity contribution >= 4 is 29.2 Å². The van der Waals surface area contributed by atoms with E-state index in [4.69, 9.17) is 11.6 Å². The van der Waals surface area contributed by atoms with Gasteiger partial charge in [0.15, 0.2) is 0 Å². The normalized spacial score (nSPS) is 28.2. The number of carbonyl (C=O) groups excluding carboxylic acids is 1. The van der Waals surface area contributed by atoms with Gasteiger partial charge in [0, 0.05) is 5.69 Å². The first-order valence-electron chi connectivity index (χ1n) is 7.27. The summed E-state index contributed by atoms with van der Waals surface area (Å²) < 4.78 is 38.6. The molecule has 2 aliphatic rings. The summed E-state index contributed by atoms with van der Waals surface area (Å²) in [5, 5.41) is 11.3. The van der Waals surface area contributed by atoms with E-state index in [1.54, 1.807) is 12.2 Å². The smallest absolute Gasteiger partial charge is 0.417 e. The van der Waals surface area contributed by atoms with Crippen molar-refractivity contribution in [2.45, 2.75) is 12.6 Å². The Bertz CT molecular complexity index is 732. The van der Waals surface area contributed by atoms with Gasteiger partial charge in [-0.15, -0.1) is 0 Å². The van der Waals surface area contributed by atoms with Crippen LogP contribution >= 0.6 is 11.6 Å². The number of aliphatic carboxylic acids is 1. The Labute approximate surface area is 140 Å². The van der Waals surface area contributed by atoms with E-state index in [-0.39, 0.29) is 17.5 Å². The zero-order valence-corrected chi connectivity index (χ0v) is 12.9. The van der Waals surface area contributed by atoms with Crippen molar-refractivity contribution in [1.29, 1.82) is 0 Å². The molecule has 2 N–H and O–H groups in total. The average molecular weight is 360 g/mol. The van der Waals surface area contributed by atoms with Gasteiger partial charge in [-0.05, 0) is 36.5 Å². The minimum absolute atomic E-state index is 0.0624. The van der Waals surface area contributed by atoms with E-state index in [1.165, 1.54) is 6.07 Å². The van der Waals surface area contributed by atoms with Gasteiger partial charge in [-0.2, -0.15) is 13.2 Å². The summed E-state index contributed by atoms with van der Waals surface area (Å²) in [6.07, 6.45) is -0.477. The van der Waals surface area contributed by atoms with Gasteiger partial charge in [0.05, 0.1) is 22.4 Å². The van der Waals surface area contributed by atoms with Gasteiger partial charge < -0.3 is 10.4 Å². The summed E-state index contributed by atoms with van der Waals surface area (Å²) in [6, 6.07) is 3.06. The van der Waals surface area contributed by atoms with Gasteiger partial charge >= 0.3 is 12.1 Å². The molecule has 1 aromatic rings. The highest BCUT2D eigenvalue weighted by atomic mass is 35.5. The number of rotatable bonds is 3. The van der Waals surface area contributed by atoms with Gasteiger partial charge in [0.2, 0.25) is 5.91 Å². The Morgan fingerprint density at radius 3 is 2.38 bits per heavy atom. The van der Waals surface area contributed by atoms with Crippen LogP contribution in [0, 0.1) is 23.7 Å². The molecule has 0 heterocycles. The summed E-state index contributed by atoms with van der Waals surface area (Å²) in [4.78, 5) is 23.9. The lowest BCUT2D eigenvalue weighted by atomic mass is 9.82. The number of halogens is 4. The molecule has 3 rings (SSSR count). The second-order valence-electron chi connectivity index (χ2n) is 6.02.